The van der Waals surface area contributed by atoms with E-state index in [9.17, 15) is 9.18 Å². The zero-order valence-electron chi connectivity index (χ0n) is 24.2. The van der Waals surface area contributed by atoms with Gasteiger partial charge in [-0.25, -0.2) is 9.37 Å². The Bertz CT molecular complexity index is 1880. The summed E-state index contributed by atoms with van der Waals surface area (Å²) in [6.45, 7) is 8.68. The molecule has 0 aliphatic rings. The first-order chi connectivity index (χ1) is 20.7. The number of benzene rings is 4. The fourth-order valence-corrected chi connectivity index (χ4v) is 5.75. The zero-order valence-corrected chi connectivity index (χ0v) is 26.5. The minimum absolute atomic E-state index is 0.0136. The lowest BCUT2D eigenvalue weighted by Gasteiger charge is -2.18. The molecule has 0 saturated carbocycles. The van der Waals surface area contributed by atoms with E-state index < -0.39 is 0 Å². The van der Waals surface area contributed by atoms with Crippen LogP contribution in [-0.2, 0) is 6.61 Å². The molecule has 43 heavy (non-hydrogen) atoms. The van der Waals surface area contributed by atoms with Gasteiger partial charge in [0.25, 0.3) is 5.56 Å². The van der Waals surface area contributed by atoms with E-state index in [-0.39, 0.29) is 23.9 Å². The molecule has 6 nitrogen and oxygen atoms in total. The number of hydrogen-bond donors (Lipinski definition) is 0. The van der Waals surface area contributed by atoms with Crippen LogP contribution in [0.3, 0.4) is 0 Å². The summed E-state index contributed by atoms with van der Waals surface area (Å²) in [7, 11) is 0. The topological polar surface area (TPSA) is 65.7 Å². The standard InChI is InChI=1S/C34H30BrClFN3O3/c1-5-42-31-14-21(4)26(17-25(31)20(2)3)33-39-30-13-9-7-11-24(30)34(41)40(33)38-18-22-15-27(35)32(28(36)16-22)43-19-23-10-6-8-12-29(23)37/h6-18,20H,5,19H2,1-4H3. The first-order valence-corrected chi connectivity index (χ1v) is 15.0. The molecule has 220 valence electrons. The summed E-state index contributed by atoms with van der Waals surface area (Å²) in [5.41, 5.74) is 4.01. The van der Waals surface area contributed by atoms with E-state index in [1.807, 2.05) is 38.1 Å². The van der Waals surface area contributed by atoms with Gasteiger partial charge in [-0.05, 0) is 94.9 Å². The molecule has 0 spiro atoms. The number of halogens is 3. The molecule has 4 aromatic carbocycles. The van der Waals surface area contributed by atoms with Gasteiger partial charge >= 0.3 is 0 Å². The summed E-state index contributed by atoms with van der Waals surface area (Å²) >= 11 is 10.1. The second-order valence-electron chi connectivity index (χ2n) is 10.3. The second-order valence-corrected chi connectivity index (χ2v) is 11.6. The van der Waals surface area contributed by atoms with E-state index in [1.54, 1.807) is 48.7 Å². The monoisotopic (exact) mass is 661 g/mol. The SMILES string of the molecule is CCOc1cc(C)c(-c2nc3ccccc3c(=O)n2N=Cc2cc(Cl)c(OCc3ccccc3F)c(Br)c2)cc1C(C)C. The second kappa shape index (κ2) is 13.1. The molecule has 0 unspecified atom stereocenters. The van der Waals surface area contributed by atoms with Crippen LogP contribution >= 0.6 is 27.5 Å². The maximum absolute atomic E-state index is 14.1. The van der Waals surface area contributed by atoms with Crippen molar-refractivity contribution in [2.24, 2.45) is 5.10 Å². The number of aromatic nitrogens is 2. The molecule has 0 N–H and O–H groups in total. The van der Waals surface area contributed by atoms with Crippen LogP contribution in [0.2, 0.25) is 5.02 Å². The van der Waals surface area contributed by atoms with Crippen LogP contribution in [0.4, 0.5) is 4.39 Å². The van der Waals surface area contributed by atoms with Crippen molar-refractivity contribution in [1.29, 1.82) is 0 Å². The molecule has 9 heteroatoms. The van der Waals surface area contributed by atoms with E-state index in [4.69, 9.17) is 26.1 Å². The summed E-state index contributed by atoms with van der Waals surface area (Å²) in [6.07, 6.45) is 1.55. The van der Waals surface area contributed by atoms with E-state index in [0.717, 1.165) is 22.4 Å². The predicted molar refractivity (Wildman–Crippen MR) is 174 cm³/mol. The molecule has 0 aliphatic heterocycles. The number of fused-ring (bicyclic) bond motifs is 1. The molecule has 0 aliphatic carbocycles. The summed E-state index contributed by atoms with van der Waals surface area (Å²) in [4.78, 5) is 18.7. The van der Waals surface area contributed by atoms with E-state index in [0.29, 0.717) is 49.7 Å². The van der Waals surface area contributed by atoms with E-state index in [2.05, 4.69) is 34.9 Å². The van der Waals surface area contributed by atoms with Crippen molar-refractivity contribution < 1.29 is 13.9 Å². The fourth-order valence-electron chi connectivity index (χ4n) is 4.76. The van der Waals surface area contributed by atoms with Gasteiger partial charge in [-0.2, -0.15) is 9.78 Å². The lowest BCUT2D eigenvalue weighted by atomic mass is 9.96. The Morgan fingerprint density at radius 1 is 1.07 bits per heavy atom. The van der Waals surface area contributed by atoms with E-state index >= 15 is 0 Å². The van der Waals surface area contributed by atoms with Crippen molar-refractivity contribution in [3.8, 4) is 22.9 Å². The first kappa shape index (κ1) is 30.4. The quantitative estimate of drug-likeness (QED) is 0.148. The molecule has 1 heterocycles. The van der Waals surface area contributed by atoms with Gasteiger partial charge in [-0.1, -0.05) is 55.8 Å². The normalized spacial score (nSPS) is 11.5. The predicted octanol–water partition coefficient (Wildman–Crippen LogP) is 8.91. The van der Waals surface area contributed by atoms with Gasteiger partial charge in [0.1, 0.15) is 18.2 Å². The Morgan fingerprint density at radius 2 is 1.81 bits per heavy atom. The Hall–Kier alpha value is -4.01. The van der Waals surface area contributed by atoms with Crippen LogP contribution in [0.15, 0.2) is 87.2 Å². The number of para-hydroxylation sites is 1. The smallest absolute Gasteiger partial charge is 0.282 e. The maximum atomic E-state index is 14.1. The van der Waals surface area contributed by atoms with Gasteiger partial charge in [0, 0.05) is 11.1 Å². The average Bonchev–Trinajstić information content (AvgIpc) is 2.97. The molecule has 0 atom stereocenters. The third kappa shape index (κ3) is 6.50. The summed E-state index contributed by atoms with van der Waals surface area (Å²) in [5, 5.41) is 5.37. The lowest BCUT2D eigenvalue weighted by molar-refractivity contribution is 0.298. The highest BCUT2D eigenvalue weighted by molar-refractivity contribution is 9.10. The Kier molecular flexibility index (Phi) is 9.28. The van der Waals surface area contributed by atoms with Crippen LogP contribution in [-0.4, -0.2) is 22.5 Å². The highest BCUT2D eigenvalue weighted by atomic mass is 79.9. The van der Waals surface area contributed by atoms with Crippen LogP contribution in [0.5, 0.6) is 11.5 Å². The third-order valence-corrected chi connectivity index (χ3v) is 7.82. The van der Waals surface area contributed by atoms with Crippen molar-refractivity contribution in [3.63, 3.8) is 0 Å². The van der Waals surface area contributed by atoms with Gasteiger partial charge in [-0.3, -0.25) is 4.79 Å². The Labute approximate surface area is 262 Å². The molecule has 0 saturated heterocycles. The molecule has 0 fully saturated rings. The van der Waals surface area contributed by atoms with Gasteiger partial charge in [0.15, 0.2) is 11.6 Å². The van der Waals surface area contributed by atoms with Gasteiger partial charge in [-0.15, -0.1) is 0 Å². The van der Waals surface area contributed by atoms with Crippen molar-refractivity contribution >= 4 is 44.6 Å². The van der Waals surface area contributed by atoms with Crippen molar-refractivity contribution in [3.05, 3.63) is 121 Å². The minimum Gasteiger partial charge on any atom is -0.494 e. The average molecular weight is 663 g/mol. The Morgan fingerprint density at radius 3 is 2.53 bits per heavy atom. The number of ether oxygens (including phenoxy) is 2. The summed E-state index contributed by atoms with van der Waals surface area (Å²) in [6, 6.07) is 21.1. The van der Waals surface area contributed by atoms with Crippen LogP contribution in [0.1, 0.15) is 48.9 Å². The van der Waals surface area contributed by atoms with Crippen molar-refractivity contribution in [1.82, 2.24) is 9.66 Å². The van der Waals surface area contributed by atoms with Gasteiger partial charge in [0.05, 0.1) is 33.2 Å². The molecular formula is C34H30BrClFN3O3. The maximum Gasteiger partial charge on any atom is 0.282 e. The van der Waals surface area contributed by atoms with Crippen molar-refractivity contribution in [2.75, 3.05) is 6.61 Å². The Balaban J connectivity index is 1.57. The third-order valence-electron chi connectivity index (χ3n) is 6.95. The lowest BCUT2D eigenvalue weighted by Crippen LogP contribution is -2.21. The van der Waals surface area contributed by atoms with Crippen molar-refractivity contribution in [2.45, 2.75) is 40.2 Å². The molecular weight excluding hydrogens is 633 g/mol. The van der Waals surface area contributed by atoms with Crippen LogP contribution in [0, 0.1) is 12.7 Å². The highest BCUT2D eigenvalue weighted by Gasteiger charge is 2.19. The molecule has 5 rings (SSSR count). The molecule has 5 aromatic rings. The molecule has 0 bridgehead atoms. The molecule has 1 aromatic heterocycles. The molecule has 0 amide bonds. The number of aryl methyl sites for hydroxylation is 1. The highest BCUT2D eigenvalue weighted by Crippen LogP contribution is 2.36. The fraction of sp³-hybridized carbons (Fsp3) is 0.206. The van der Waals surface area contributed by atoms with E-state index in [1.165, 1.54) is 10.7 Å². The number of hydrogen-bond acceptors (Lipinski definition) is 5. The van der Waals surface area contributed by atoms with Crippen LogP contribution < -0.4 is 15.0 Å². The molecule has 0 radical (unpaired) electrons. The summed E-state index contributed by atoms with van der Waals surface area (Å²) < 4.78 is 27.7. The van der Waals surface area contributed by atoms with Gasteiger partial charge < -0.3 is 9.47 Å². The largest absolute Gasteiger partial charge is 0.494 e. The zero-order chi connectivity index (χ0) is 30.7. The summed E-state index contributed by atoms with van der Waals surface area (Å²) in [5.74, 6) is 1.43. The minimum atomic E-state index is -0.355. The van der Waals surface area contributed by atoms with Gasteiger partial charge in [0.2, 0.25) is 0 Å². The number of rotatable bonds is 9. The first-order valence-electron chi connectivity index (χ1n) is 13.9. The number of nitrogens with zero attached hydrogens (tertiary/aromatic N) is 3. The van der Waals surface area contributed by atoms with Crippen LogP contribution in [0.25, 0.3) is 22.3 Å².